The Bertz CT molecular complexity index is 588. The number of para-hydroxylation sites is 1. The zero-order chi connectivity index (χ0) is 14.5. The molecule has 1 atom stereocenters. The fourth-order valence-electron chi connectivity index (χ4n) is 2.59. The van der Waals surface area contributed by atoms with Crippen molar-refractivity contribution in [1.82, 2.24) is 9.78 Å². The second-order valence-electron chi connectivity index (χ2n) is 5.25. The molecule has 2 N–H and O–H groups in total. The Morgan fingerprint density at radius 2 is 2.10 bits per heavy atom. The smallest absolute Gasteiger partial charge is 0.140 e. The lowest BCUT2D eigenvalue weighted by Crippen LogP contribution is -2.24. The number of carbonyl (C=O) groups is 1. The molecule has 2 rings (SSSR count). The van der Waals surface area contributed by atoms with Crippen molar-refractivity contribution in [2.24, 2.45) is 5.73 Å². The molecule has 0 aliphatic carbocycles. The van der Waals surface area contributed by atoms with Crippen LogP contribution in [0.1, 0.15) is 38.8 Å². The van der Waals surface area contributed by atoms with E-state index in [0.717, 1.165) is 36.0 Å². The van der Waals surface area contributed by atoms with E-state index in [4.69, 9.17) is 5.73 Å². The van der Waals surface area contributed by atoms with Crippen LogP contribution in [0.25, 0.3) is 10.9 Å². The standard InChI is InChI=1S/C16H23N3O/c1-3-7-12(17)10-13(20)11-15-14-8-5-6-9-16(14)19(4-2)18-15/h5-6,8-9,12H,3-4,7,10-11,17H2,1-2H3. The Morgan fingerprint density at radius 3 is 2.80 bits per heavy atom. The molecular weight excluding hydrogens is 250 g/mol. The normalized spacial score (nSPS) is 12.8. The number of hydrogen-bond donors (Lipinski definition) is 1. The lowest BCUT2D eigenvalue weighted by Gasteiger charge is -2.08. The topological polar surface area (TPSA) is 60.9 Å². The molecule has 0 bridgehead atoms. The molecule has 108 valence electrons. The SMILES string of the molecule is CCCC(N)CC(=O)Cc1nn(CC)c2ccccc12. The summed E-state index contributed by atoms with van der Waals surface area (Å²) in [6.07, 6.45) is 2.74. The minimum absolute atomic E-state index is 0.0213. The third-order valence-corrected chi connectivity index (χ3v) is 3.55. The van der Waals surface area contributed by atoms with Crippen LogP contribution in [0.2, 0.25) is 0 Å². The van der Waals surface area contributed by atoms with Gasteiger partial charge in [0.25, 0.3) is 0 Å². The summed E-state index contributed by atoms with van der Waals surface area (Å²) in [7, 11) is 0. The van der Waals surface area contributed by atoms with Crippen molar-refractivity contribution in [3.05, 3.63) is 30.0 Å². The zero-order valence-corrected chi connectivity index (χ0v) is 12.3. The van der Waals surface area contributed by atoms with Gasteiger partial charge in [-0.25, -0.2) is 0 Å². The highest BCUT2D eigenvalue weighted by molar-refractivity contribution is 5.88. The first-order valence-electron chi connectivity index (χ1n) is 7.37. The molecule has 0 saturated heterocycles. The number of carbonyl (C=O) groups excluding carboxylic acids is 1. The van der Waals surface area contributed by atoms with E-state index >= 15 is 0 Å². The number of fused-ring (bicyclic) bond motifs is 1. The monoisotopic (exact) mass is 273 g/mol. The zero-order valence-electron chi connectivity index (χ0n) is 12.3. The molecular formula is C16H23N3O. The molecule has 0 radical (unpaired) electrons. The van der Waals surface area contributed by atoms with Crippen molar-refractivity contribution in [1.29, 1.82) is 0 Å². The first-order chi connectivity index (χ1) is 9.65. The van der Waals surface area contributed by atoms with E-state index in [1.54, 1.807) is 0 Å². The van der Waals surface area contributed by atoms with Crippen LogP contribution in [0.15, 0.2) is 24.3 Å². The number of rotatable bonds is 7. The number of hydrogen-bond acceptors (Lipinski definition) is 3. The van der Waals surface area contributed by atoms with Crippen LogP contribution in [-0.4, -0.2) is 21.6 Å². The molecule has 0 saturated carbocycles. The molecule has 1 heterocycles. The van der Waals surface area contributed by atoms with Crippen molar-refractivity contribution in [3.63, 3.8) is 0 Å². The molecule has 0 spiro atoms. The first-order valence-corrected chi connectivity index (χ1v) is 7.37. The maximum Gasteiger partial charge on any atom is 0.140 e. The van der Waals surface area contributed by atoms with E-state index < -0.39 is 0 Å². The lowest BCUT2D eigenvalue weighted by molar-refractivity contribution is -0.118. The number of benzene rings is 1. The molecule has 4 nitrogen and oxygen atoms in total. The third kappa shape index (κ3) is 3.25. The van der Waals surface area contributed by atoms with E-state index in [9.17, 15) is 4.79 Å². The Morgan fingerprint density at radius 1 is 1.35 bits per heavy atom. The van der Waals surface area contributed by atoms with Crippen LogP contribution >= 0.6 is 0 Å². The van der Waals surface area contributed by atoms with E-state index in [0.29, 0.717) is 12.8 Å². The second-order valence-corrected chi connectivity index (χ2v) is 5.25. The maximum absolute atomic E-state index is 12.1. The summed E-state index contributed by atoms with van der Waals surface area (Å²) in [5.41, 5.74) is 7.90. The summed E-state index contributed by atoms with van der Waals surface area (Å²) < 4.78 is 1.95. The quantitative estimate of drug-likeness (QED) is 0.843. The molecule has 4 heteroatoms. The van der Waals surface area contributed by atoms with Gasteiger partial charge in [0.05, 0.1) is 17.6 Å². The number of ketones is 1. The average Bonchev–Trinajstić information content (AvgIpc) is 2.77. The Hall–Kier alpha value is -1.68. The summed E-state index contributed by atoms with van der Waals surface area (Å²) in [5.74, 6) is 0.178. The molecule has 0 amide bonds. The van der Waals surface area contributed by atoms with Gasteiger partial charge >= 0.3 is 0 Å². The van der Waals surface area contributed by atoms with Crippen molar-refractivity contribution < 1.29 is 4.79 Å². The minimum Gasteiger partial charge on any atom is -0.327 e. The van der Waals surface area contributed by atoms with Crippen molar-refractivity contribution in [3.8, 4) is 0 Å². The molecule has 0 fully saturated rings. The molecule has 2 aromatic rings. The fraction of sp³-hybridized carbons (Fsp3) is 0.500. The van der Waals surface area contributed by atoms with Gasteiger partial charge in [-0.1, -0.05) is 31.5 Å². The van der Waals surface area contributed by atoms with Gasteiger partial charge in [-0.3, -0.25) is 9.48 Å². The van der Waals surface area contributed by atoms with E-state index in [2.05, 4.69) is 18.9 Å². The van der Waals surface area contributed by atoms with Gasteiger partial charge in [0.2, 0.25) is 0 Å². The van der Waals surface area contributed by atoms with E-state index in [1.165, 1.54) is 0 Å². The average molecular weight is 273 g/mol. The second kappa shape index (κ2) is 6.66. The van der Waals surface area contributed by atoms with Gasteiger partial charge in [-0.15, -0.1) is 0 Å². The summed E-state index contributed by atoms with van der Waals surface area (Å²) in [4.78, 5) is 12.1. The van der Waals surface area contributed by atoms with Gasteiger partial charge in [-0.2, -0.15) is 5.10 Å². The highest BCUT2D eigenvalue weighted by atomic mass is 16.1. The summed E-state index contributed by atoms with van der Waals surface area (Å²) in [6.45, 7) is 4.95. The van der Waals surface area contributed by atoms with Crippen LogP contribution in [0.5, 0.6) is 0 Å². The van der Waals surface area contributed by atoms with E-state index in [1.807, 2.05) is 28.9 Å². The molecule has 1 aromatic heterocycles. The first kappa shape index (κ1) is 14.7. The summed E-state index contributed by atoms with van der Waals surface area (Å²) in [6, 6.07) is 8.04. The van der Waals surface area contributed by atoms with Crippen LogP contribution in [-0.2, 0) is 17.8 Å². The number of aromatic nitrogens is 2. The molecule has 20 heavy (non-hydrogen) atoms. The number of aryl methyl sites for hydroxylation is 1. The number of nitrogens with two attached hydrogens (primary N) is 1. The van der Waals surface area contributed by atoms with Crippen LogP contribution in [0.4, 0.5) is 0 Å². The molecule has 0 aliphatic rings. The Labute approximate surface area is 120 Å². The van der Waals surface area contributed by atoms with E-state index in [-0.39, 0.29) is 11.8 Å². The van der Waals surface area contributed by atoms with Crippen LogP contribution in [0, 0.1) is 0 Å². The van der Waals surface area contributed by atoms with Crippen molar-refractivity contribution in [2.75, 3.05) is 0 Å². The summed E-state index contributed by atoms with van der Waals surface area (Å²) >= 11 is 0. The third-order valence-electron chi connectivity index (χ3n) is 3.55. The predicted molar refractivity (Wildman–Crippen MR) is 81.6 cm³/mol. The van der Waals surface area contributed by atoms with Crippen molar-refractivity contribution in [2.45, 2.75) is 52.1 Å². The predicted octanol–water partition coefficient (Wildman–Crippen LogP) is 2.69. The number of Topliss-reactive ketones (excluding diaryl/α,β-unsaturated/α-hetero) is 1. The minimum atomic E-state index is -0.0213. The maximum atomic E-state index is 12.1. The van der Waals surface area contributed by atoms with Crippen LogP contribution in [0.3, 0.4) is 0 Å². The Kier molecular flexibility index (Phi) is 4.90. The van der Waals surface area contributed by atoms with Crippen molar-refractivity contribution >= 4 is 16.7 Å². The van der Waals surface area contributed by atoms with Crippen LogP contribution < -0.4 is 5.73 Å². The highest BCUT2D eigenvalue weighted by Crippen LogP contribution is 2.19. The Balaban J connectivity index is 2.15. The van der Waals surface area contributed by atoms with Gasteiger partial charge in [0.1, 0.15) is 5.78 Å². The lowest BCUT2D eigenvalue weighted by atomic mass is 10.0. The largest absolute Gasteiger partial charge is 0.327 e. The van der Waals surface area contributed by atoms with Gasteiger partial charge in [0.15, 0.2) is 0 Å². The molecule has 0 aliphatic heterocycles. The number of nitrogens with zero attached hydrogens (tertiary/aromatic N) is 2. The highest BCUT2D eigenvalue weighted by Gasteiger charge is 2.15. The fourth-order valence-corrected chi connectivity index (χ4v) is 2.59. The summed E-state index contributed by atoms with van der Waals surface area (Å²) in [5, 5.41) is 5.63. The molecule has 1 aromatic carbocycles. The van der Waals surface area contributed by atoms with Gasteiger partial charge < -0.3 is 5.73 Å². The van der Waals surface area contributed by atoms with Gasteiger partial charge in [0, 0.05) is 24.4 Å². The van der Waals surface area contributed by atoms with Gasteiger partial charge in [-0.05, 0) is 19.4 Å². The molecule has 1 unspecified atom stereocenters.